The molecule has 8 unspecified atom stereocenters. The van der Waals surface area contributed by atoms with Gasteiger partial charge in [-0.15, -0.1) is 0 Å². The maximum Gasteiger partial charge on any atom is 0.306 e. The Morgan fingerprint density at radius 1 is 0.597 bits per heavy atom. The molecule has 1 amide bonds. The molecule has 380 valence electrons. The Morgan fingerprint density at radius 2 is 1.07 bits per heavy atom. The van der Waals surface area contributed by atoms with E-state index < -0.39 is 67.4 Å². The molecule has 11 nitrogen and oxygen atoms in total. The van der Waals surface area contributed by atoms with Crippen molar-refractivity contribution in [2.45, 2.75) is 217 Å². The van der Waals surface area contributed by atoms with Gasteiger partial charge in [-0.2, -0.15) is 0 Å². The van der Waals surface area contributed by atoms with Gasteiger partial charge in [0, 0.05) is 6.42 Å². The number of carbonyl (C=O) groups is 2. The van der Waals surface area contributed by atoms with Gasteiger partial charge in [0.2, 0.25) is 5.91 Å². The van der Waals surface area contributed by atoms with Crippen LogP contribution in [0.15, 0.2) is 109 Å². The van der Waals surface area contributed by atoms with E-state index >= 15 is 0 Å². The first kappa shape index (κ1) is 61.3. The molecule has 67 heavy (non-hydrogen) atoms. The minimum atomic E-state index is -1.64. The maximum absolute atomic E-state index is 13.3. The molecule has 1 aliphatic heterocycles. The Morgan fingerprint density at radius 3 is 1.61 bits per heavy atom. The van der Waals surface area contributed by atoms with Crippen molar-refractivity contribution in [1.82, 2.24) is 5.32 Å². The predicted octanol–water partition coefficient (Wildman–Crippen LogP) is 10.6. The highest BCUT2D eigenvalue weighted by Gasteiger charge is 2.47. The minimum Gasteiger partial charge on any atom is -0.454 e. The molecule has 0 aromatic rings. The van der Waals surface area contributed by atoms with E-state index in [-0.39, 0.29) is 19.4 Å². The van der Waals surface area contributed by atoms with Gasteiger partial charge < -0.3 is 45.1 Å². The number of hydrogen-bond donors (Lipinski definition) is 6. The third kappa shape index (κ3) is 32.7. The lowest BCUT2D eigenvalue weighted by molar-refractivity contribution is -0.305. The zero-order valence-electron chi connectivity index (χ0n) is 41.5. The van der Waals surface area contributed by atoms with Crippen molar-refractivity contribution in [2.24, 2.45) is 0 Å². The second-order valence-corrected chi connectivity index (χ2v) is 17.3. The minimum absolute atomic E-state index is 0.0660. The topological polar surface area (TPSA) is 175 Å². The Balaban J connectivity index is 2.86. The number of esters is 1. The van der Waals surface area contributed by atoms with Crippen LogP contribution in [0.5, 0.6) is 0 Å². The second-order valence-electron chi connectivity index (χ2n) is 17.3. The highest BCUT2D eigenvalue weighted by atomic mass is 16.7. The van der Waals surface area contributed by atoms with Crippen molar-refractivity contribution in [3.05, 3.63) is 109 Å². The third-order valence-electron chi connectivity index (χ3n) is 11.4. The number of nitrogens with one attached hydrogen (secondary N) is 1. The summed E-state index contributed by atoms with van der Waals surface area (Å²) in [7, 11) is 0. The first-order chi connectivity index (χ1) is 32.7. The van der Waals surface area contributed by atoms with Crippen LogP contribution < -0.4 is 5.32 Å². The monoisotopic (exact) mass is 938 g/mol. The summed E-state index contributed by atoms with van der Waals surface area (Å²) in [5.74, 6) is -1.29. The number of ether oxygens (including phenoxy) is 3. The standard InChI is InChI=1S/C56H91NO10/c1-4-7-10-13-16-19-22-25-28-30-33-36-39-42-48(59)47(57-55(64)49(60)43-40-37-34-31-27-24-21-18-15-12-9-6-3)46-65-56-54(53(63)52(62)50(45-58)66-56)67-51(61)44-41-38-35-32-29-26-23-20-17-14-11-8-5-2/h8-9,11-12,14-15,17-18,20-21,23-24,26-27,29,31,39,42,47-50,52-54,56,58-60,62-63H,4-7,10,13,16,19,22,25,28,30,32-38,40-41,43-46H2,1-3H3,(H,57,64)/b11-8+,12-9+,17-14+,18-15+,23-20-,24-21-,29-26-,31-27-,42-39+. The number of aliphatic hydroxyl groups is 5. The van der Waals surface area contributed by atoms with Crippen molar-refractivity contribution in [1.29, 1.82) is 0 Å². The number of rotatable bonds is 40. The molecule has 1 rings (SSSR count). The summed E-state index contributed by atoms with van der Waals surface area (Å²) >= 11 is 0. The van der Waals surface area contributed by atoms with E-state index in [1.807, 2.05) is 85.1 Å². The molecule has 0 aliphatic carbocycles. The van der Waals surface area contributed by atoms with Crippen LogP contribution in [-0.4, -0.2) is 99.6 Å². The van der Waals surface area contributed by atoms with Crippen LogP contribution in [-0.2, 0) is 23.8 Å². The van der Waals surface area contributed by atoms with Gasteiger partial charge >= 0.3 is 5.97 Å². The van der Waals surface area contributed by atoms with E-state index in [0.29, 0.717) is 12.8 Å². The van der Waals surface area contributed by atoms with Gasteiger partial charge in [0.25, 0.3) is 0 Å². The fourth-order valence-corrected chi connectivity index (χ4v) is 7.26. The zero-order valence-corrected chi connectivity index (χ0v) is 41.5. The van der Waals surface area contributed by atoms with Gasteiger partial charge in [0.1, 0.15) is 24.4 Å². The largest absolute Gasteiger partial charge is 0.454 e. The van der Waals surface area contributed by atoms with Crippen LogP contribution >= 0.6 is 0 Å². The highest BCUT2D eigenvalue weighted by Crippen LogP contribution is 2.26. The first-order valence-corrected chi connectivity index (χ1v) is 25.8. The lowest BCUT2D eigenvalue weighted by atomic mass is 9.99. The Kier molecular flexibility index (Phi) is 39.9. The van der Waals surface area contributed by atoms with Crippen LogP contribution in [0.25, 0.3) is 0 Å². The molecule has 0 aromatic heterocycles. The molecule has 8 atom stereocenters. The highest BCUT2D eigenvalue weighted by molar-refractivity contribution is 5.80. The lowest BCUT2D eigenvalue weighted by Gasteiger charge is -2.41. The number of amides is 1. The lowest BCUT2D eigenvalue weighted by Crippen LogP contribution is -2.61. The summed E-state index contributed by atoms with van der Waals surface area (Å²) < 4.78 is 17.4. The summed E-state index contributed by atoms with van der Waals surface area (Å²) in [5.41, 5.74) is 0. The summed E-state index contributed by atoms with van der Waals surface area (Å²) in [4.78, 5) is 26.3. The van der Waals surface area contributed by atoms with Gasteiger partial charge in [-0.3, -0.25) is 9.59 Å². The van der Waals surface area contributed by atoms with Crippen molar-refractivity contribution < 1.29 is 49.3 Å². The molecular formula is C56H91NO10. The first-order valence-electron chi connectivity index (χ1n) is 25.8. The molecular weight excluding hydrogens is 847 g/mol. The van der Waals surface area contributed by atoms with Gasteiger partial charge in [0.15, 0.2) is 12.4 Å². The van der Waals surface area contributed by atoms with Crippen LogP contribution in [0, 0.1) is 0 Å². The quantitative estimate of drug-likeness (QED) is 0.0150. The molecule has 0 bridgehead atoms. The molecule has 6 N–H and O–H groups in total. The van der Waals surface area contributed by atoms with Crippen molar-refractivity contribution in [3.8, 4) is 0 Å². The predicted molar refractivity (Wildman–Crippen MR) is 273 cm³/mol. The molecule has 0 spiro atoms. The fraction of sp³-hybridized carbons (Fsp3) is 0.643. The van der Waals surface area contributed by atoms with E-state index in [0.717, 1.165) is 70.6 Å². The van der Waals surface area contributed by atoms with E-state index in [1.165, 1.54) is 51.4 Å². The maximum atomic E-state index is 13.3. The van der Waals surface area contributed by atoms with Crippen LogP contribution in [0.2, 0.25) is 0 Å². The van der Waals surface area contributed by atoms with E-state index in [1.54, 1.807) is 6.08 Å². The Labute approximate surface area is 405 Å². The molecule has 1 fully saturated rings. The number of carbonyl (C=O) groups excluding carboxylic acids is 2. The van der Waals surface area contributed by atoms with E-state index in [4.69, 9.17) is 14.2 Å². The number of hydrogen-bond acceptors (Lipinski definition) is 10. The molecule has 11 heteroatoms. The van der Waals surface area contributed by atoms with Gasteiger partial charge in [-0.05, 0) is 64.2 Å². The molecule has 1 saturated heterocycles. The second kappa shape index (κ2) is 43.6. The van der Waals surface area contributed by atoms with Crippen LogP contribution in [0.3, 0.4) is 0 Å². The molecule has 0 radical (unpaired) electrons. The average molecular weight is 938 g/mol. The van der Waals surface area contributed by atoms with Gasteiger partial charge in [-0.25, -0.2) is 0 Å². The summed E-state index contributed by atoms with van der Waals surface area (Å²) in [6.07, 6.45) is 47.2. The van der Waals surface area contributed by atoms with Gasteiger partial charge in [-0.1, -0.05) is 207 Å². The normalized spacial score (nSPS) is 21.0. The molecule has 0 saturated carbocycles. The van der Waals surface area contributed by atoms with E-state index in [2.05, 4.69) is 44.3 Å². The fourth-order valence-electron chi connectivity index (χ4n) is 7.26. The number of allylic oxidation sites excluding steroid dienone is 17. The van der Waals surface area contributed by atoms with Crippen molar-refractivity contribution >= 4 is 11.9 Å². The number of aliphatic hydroxyl groups excluding tert-OH is 5. The zero-order chi connectivity index (χ0) is 49.0. The van der Waals surface area contributed by atoms with E-state index in [9.17, 15) is 35.1 Å². The van der Waals surface area contributed by atoms with Crippen LogP contribution in [0.4, 0.5) is 0 Å². The summed E-state index contributed by atoms with van der Waals surface area (Å²) in [6.45, 7) is 5.40. The van der Waals surface area contributed by atoms with Gasteiger partial charge in [0.05, 0.1) is 25.4 Å². The Bertz CT molecular complexity index is 1500. The van der Waals surface area contributed by atoms with Crippen molar-refractivity contribution in [2.75, 3.05) is 13.2 Å². The molecule has 0 aromatic carbocycles. The summed E-state index contributed by atoms with van der Waals surface area (Å²) in [6, 6.07) is -1.06. The SMILES string of the molecule is CC/C=C/C=C/C=C\C=C/CCCCCC(=O)OC1C(OCC(NC(=O)C(O)CCCC\C=C/C=C\C=C\C=C\CC)C(O)/C=C/CCCCCCCCCCCCC)OC(CO)C(O)C1O. The average Bonchev–Trinajstić information content (AvgIpc) is 3.32. The van der Waals surface area contributed by atoms with Crippen LogP contribution in [0.1, 0.15) is 168 Å². The third-order valence-corrected chi connectivity index (χ3v) is 11.4. The Hall–Kier alpha value is -3.68. The smallest absolute Gasteiger partial charge is 0.306 e. The summed E-state index contributed by atoms with van der Waals surface area (Å²) in [5, 5.41) is 56.5. The molecule has 1 aliphatic rings. The number of unbranched alkanes of at least 4 members (excludes halogenated alkanes) is 16. The molecule has 1 heterocycles. The van der Waals surface area contributed by atoms with Crippen molar-refractivity contribution in [3.63, 3.8) is 0 Å².